The Morgan fingerprint density at radius 2 is 1.64 bits per heavy atom. The van der Waals surface area contributed by atoms with E-state index < -0.39 is 17.0 Å². The van der Waals surface area contributed by atoms with Crippen molar-refractivity contribution in [3.05, 3.63) is 71.8 Å². The maximum absolute atomic E-state index is 11.6. The van der Waals surface area contributed by atoms with Crippen molar-refractivity contribution < 1.29 is 19.7 Å². The third-order valence-corrected chi connectivity index (χ3v) is 7.84. The zero-order chi connectivity index (χ0) is 25.5. The van der Waals surface area contributed by atoms with Crippen LogP contribution in [0.4, 0.5) is 0 Å². The number of aromatic amines is 1. The van der Waals surface area contributed by atoms with Gasteiger partial charge in [-0.05, 0) is 56.7 Å². The van der Waals surface area contributed by atoms with E-state index in [-0.39, 0.29) is 6.10 Å². The molecule has 5 rings (SSSR count). The van der Waals surface area contributed by atoms with Gasteiger partial charge in [-0.25, -0.2) is 4.98 Å². The van der Waals surface area contributed by atoms with Crippen LogP contribution in [-0.2, 0) is 4.79 Å². The third-order valence-electron chi connectivity index (χ3n) is 7.55. The molecule has 0 bridgehead atoms. The molecule has 1 fully saturated rings. The van der Waals surface area contributed by atoms with E-state index in [2.05, 4.69) is 29.2 Å². The largest absolute Gasteiger partial charge is 0.481 e. The number of H-pyrrole nitrogens is 1. The molecule has 186 valence electrons. The number of aliphatic carboxylic acids is 1. The zero-order valence-corrected chi connectivity index (χ0v) is 21.0. The summed E-state index contributed by atoms with van der Waals surface area (Å²) in [6, 6.07) is 22.1. The zero-order valence-electron chi connectivity index (χ0n) is 20.3. The molecule has 36 heavy (non-hydrogen) atoms. The Bertz CT molecular complexity index is 1390. The third kappa shape index (κ3) is 4.47. The van der Waals surface area contributed by atoms with Gasteiger partial charge in [0.25, 0.3) is 0 Å². The van der Waals surface area contributed by atoms with Gasteiger partial charge in [0.05, 0.1) is 32.8 Å². The lowest BCUT2D eigenvalue weighted by Crippen LogP contribution is -2.52. The van der Waals surface area contributed by atoms with Gasteiger partial charge in [0.2, 0.25) is 0 Å². The topological polar surface area (TPSA) is 95.4 Å². The van der Waals surface area contributed by atoms with E-state index in [4.69, 9.17) is 21.3 Å². The average molecular weight is 505 g/mol. The van der Waals surface area contributed by atoms with E-state index in [9.17, 15) is 15.0 Å². The van der Waals surface area contributed by atoms with Crippen LogP contribution in [0.5, 0.6) is 5.88 Å². The van der Waals surface area contributed by atoms with Gasteiger partial charge >= 0.3 is 5.97 Å². The number of aromatic nitrogens is 2. The molecular formula is C29H29ClN2O4. The molecule has 4 aromatic rings. The summed E-state index contributed by atoms with van der Waals surface area (Å²) in [5.74, 6) is -0.411. The van der Waals surface area contributed by atoms with Crippen molar-refractivity contribution in [2.45, 2.75) is 51.2 Å². The molecule has 0 atom stereocenters. The fourth-order valence-corrected chi connectivity index (χ4v) is 5.17. The van der Waals surface area contributed by atoms with Crippen LogP contribution >= 0.6 is 11.6 Å². The second kappa shape index (κ2) is 9.26. The summed E-state index contributed by atoms with van der Waals surface area (Å²) in [7, 11) is 0. The summed E-state index contributed by atoms with van der Waals surface area (Å²) in [5.41, 5.74) is 2.97. The van der Waals surface area contributed by atoms with Gasteiger partial charge < -0.3 is 19.9 Å². The van der Waals surface area contributed by atoms with Gasteiger partial charge in [0.1, 0.15) is 6.10 Å². The first-order valence-corrected chi connectivity index (χ1v) is 12.5. The quantitative estimate of drug-likeness (QED) is 0.271. The summed E-state index contributed by atoms with van der Waals surface area (Å²) in [6.45, 7) is 3.16. The number of benzene rings is 2. The van der Waals surface area contributed by atoms with Gasteiger partial charge in [-0.15, -0.1) is 0 Å². The maximum atomic E-state index is 11.6. The molecule has 1 aliphatic carbocycles. The number of pyridine rings is 1. The molecule has 0 radical (unpaired) electrons. The minimum Gasteiger partial charge on any atom is -0.481 e. The van der Waals surface area contributed by atoms with E-state index in [1.54, 1.807) is 13.8 Å². The Labute approximate surface area is 214 Å². The first kappa shape index (κ1) is 24.3. The second-order valence-electron chi connectivity index (χ2n) is 10.1. The van der Waals surface area contributed by atoms with E-state index in [0.717, 1.165) is 27.7 Å². The highest BCUT2D eigenvalue weighted by Crippen LogP contribution is 2.43. The molecule has 0 amide bonds. The summed E-state index contributed by atoms with van der Waals surface area (Å²) >= 11 is 6.60. The molecule has 2 heterocycles. The van der Waals surface area contributed by atoms with Crippen molar-refractivity contribution in [2.75, 3.05) is 0 Å². The summed E-state index contributed by atoms with van der Waals surface area (Å²) < 4.78 is 6.16. The summed E-state index contributed by atoms with van der Waals surface area (Å²) in [5, 5.41) is 21.0. The number of rotatable bonds is 6. The molecule has 0 spiro atoms. The number of hydrogen-bond donors (Lipinski definition) is 3. The molecule has 1 aliphatic rings. The van der Waals surface area contributed by atoms with Crippen molar-refractivity contribution in [2.24, 2.45) is 5.41 Å². The van der Waals surface area contributed by atoms with Crippen LogP contribution < -0.4 is 4.74 Å². The smallest absolute Gasteiger partial charge is 0.312 e. The van der Waals surface area contributed by atoms with Crippen LogP contribution in [0.3, 0.4) is 0 Å². The van der Waals surface area contributed by atoms with E-state index in [1.165, 1.54) is 0 Å². The lowest BCUT2D eigenvalue weighted by atomic mass is 9.66. The van der Waals surface area contributed by atoms with E-state index in [0.29, 0.717) is 42.3 Å². The predicted molar refractivity (Wildman–Crippen MR) is 141 cm³/mol. The van der Waals surface area contributed by atoms with Crippen molar-refractivity contribution in [1.82, 2.24) is 9.97 Å². The molecule has 3 N–H and O–H groups in total. The Morgan fingerprint density at radius 1 is 1.03 bits per heavy atom. The van der Waals surface area contributed by atoms with Crippen molar-refractivity contribution in [3.8, 4) is 28.3 Å². The monoisotopic (exact) mass is 504 g/mol. The minimum absolute atomic E-state index is 0.122. The van der Waals surface area contributed by atoms with Gasteiger partial charge in [0, 0.05) is 11.6 Å². The first-order valence-electron chi connectivity index (χ1n) is 12.1. The van der Waals surface area contributed by atoms with Crippen LogP contribution in [0.2, 0.25) is 5.02 Å². The number of carboxylic acids is 1. The number of fused-ring (bicyclic) bond motifs is 1. The highest BCUT2D eigenvalue weighted by atomic mass is 35.5. The highest BCUT2D eigenvalue weighted by molar-refractivity contribution is 6.33. The van der Waals surface area contributed by atoms with Gasteiger partial charge in [-0.3, -0.25) is 4.79 Å². The SMILES string of the molecule is CC(C)(C(=O)O)[C@]1(O)CC[C@@H](Oc2cc3nc(-c4ccc(-c5ccccc5)cc4)c(Cl)cc3[nH]2)CC1. The normalized spacial score (nSPS) is 20.4. The van der Waals surface area contributed by atoms with Crippen LogP contribution in [0.1, 0.15) is 39.5 Å². The van der Waals surface area contributed by atoms with Crippen molar-refractivity contribution >= 4 is 28.6 Å². The number of carboxylic acid groups (broad SMARTS) is 1. The number of hydrogen-bond acceptors (Lipinski definition) is 4. The lowest BCUT2D eigenvalue weighted by Gasteiger charge is -2.44. The maximum Gasteiger partial charge on any atom is 0.312 e. The van der Waals surface area contributed by atoms with Crippen molar-refractivity contribution in [3.63, 3.8) is 0 Å². The highest BCUT2D eigenvalue weighted by Gasteiger charge is 2.50. The summed E-state index contributed by atoms with van der Waals surface area (Å²) in [6.07, 6.45) is 1.74. The number of aliphatic hydroxyl groups is 1. The van der Waals surface area contributed by atoms with Gasteiger partial charge in [-0.2, -0.15) is 0 Å². The molecule has 0 unspecified atom stereocenters. The molecule has 6 nitrogen and oxygen atoms in total. The molecule has 1 saturated carbocycles. The van der Waals surface area contributed by atoms with Crippen LogP contribution in [0.15, 0.2) is 66.7 Å². The number of halogens is 1. The fourth-order valence-electron chi connectivity index (χ4n) is 4.91. The number of ether oxygens (including phenoxy) is 1. The average Bonchev–Trinajstić information content (AvgIpc) is 3.26. The van der Waals surface area contributed by atoms with Gasteiger partial charge in [-0.1, -0.05) is 66.2 Å². The Morgan fingerprint density at radius 3 is 2.28 bits per heavy atom. The van der Waals surface area contributed by atoms with Crippen LogP contribution in [0.25, 0.3) is 33.4 Å². The number of nitrogens with one attached hydrogen (secondary N) is 1. The van der Waals surface area contributed by atoms with E-state index in [1.807, 2.05) is 42.5 Å². The first-order chi connectivity index (χ1) is 17.2. The van der Waals surface area contributed by atoms with E-state index >= 15 is 0 Å². The molecular weight excluding hydrogens is 476 g/mol. The molecule has 2 aromatic carbocycles. The number of carbonyl (C=O) groups is 1. The Balaban J connectivity index is 1.32. The van der Waals surface area contributed by atoms with Crippen molar-refractivity contribution in [1.29, 1.82) is 0 Å². The van der Waals surface area contributed by atoms with Crippen LogP contribution in [-0.4, -0.2) is 37.9 Å². The second-order valence-corrected chi connectivity index (χ2v) is 10.5. The summed E-state index contributed by atoms with van der Waals surface area (Å²) in [4.78, 5) is 19.6. The van der Waals surface area contributed by atoms with Crippen LogP contribution in [0, 0.1) is 5.41 Å². The lowest BCUT2D eigenvalue weighted by molar-refractivity contribution is -0.171. The molecule has 0 saturated heterocycles. The molecule has 7 heteroatoms. The standard InChI is InChI=1S/C29H29ClN2O4/c1-28(2,27(33)34)29(35)14-12-21(13-15-29)36-25-17-24-23(31-25)16-22(30)26(32-24)20-10-8-19(9-11-20)18-6-4-3-5-7-18/h3-11,16-17,21,31,35H,12-15H2,1-2H3,(H,33,34)/t21-,29+. The minimum atomic E-state index is -1.25. The van der Waals surface area contributed by atoms with Gasteiger partial charge in [0.15, 0.2) is 5.88 Å². The number of nitrogens with zero attached hydrogens (tertiary/aromatic N) is 1. The predicted octanol–water partition coefficient (Wildman–Crippen LogP) is 6.71. The molecule has 0 aliphatic heterocycles. The fraction of sp³-hybridized carbons (Fsp3) is 0.310. The molecule has 2 aromatic heterocycles. The Kier molecular flexibility index (Phi) is 6.27. The Hall–Kier alpha value is -3.35.